The Labute approximate surface area is 135 Å². The molecule has 0 N–H and O–H groups in total. The van der Waals surface area contributed by atoms with Gasteiger partial charge in [0.1, 0.15) is 5.69 Å². The van der Waals surface area contributed by atoms with Gasteiger partial charge in [0, 0.05) is 39.2 Å². The first kappa shape index (κ1) is 14.5. The molecule has 0 bridgehead atoms. The van der Waals surface area contributed by atoms with E-state index in [4.69, 9.17) is 4.42 Å². The van der Waals surface area contributed by atoms with Gasteiger partial charge in [-0.2, -0.15) is 0 Å². The predicted molar refractivity (Wildman–Crippen MR) is 84.1 cm³/mol. The second-order valence-electron chi connectivity index (χ2n) is 7.03. The number of piperidine rings is 1. The van der Waals surface area contributed by atoms with Crippen molar-refractivity contribution in [2.24, 2.45) is 12.5 Å². The maximum Gasteiger partial charge on any atom is 0.270 e. The summed E-state index contributed by atoms with van der Waals surface area (Å²) in [6.07, 6.45) is 5.10. The number of carbonyl (C=O) groups is 1. The molecule has 2 aliphatic rings. The molecule has 0 aromatic carbocycles. The fraction of sp³-hybridized carbons (Fsp3) is 0.588. The van der Waals surface area contributed by atoms with Gasteiger partial charge in [-0.05, 0) is 43.2 Å². The lowest BCUT2D eigenvalue weighted by atomic mass is 9.90. The molecule has 1 aliphatic heterocycles. The number of hydrogen-bond acceptors (Lipinski definition) is 4. The van der Waals surface area contributed by atoms with Gasteiger partial charge in [-0.3, -0.25) is 4.79 Å². The van der Waals surface area contributed by atoms with E-state index >= 15 is 0 Å². The Morgan fingerprint density at radius 3 is 2.61 bits per heavy atom. The van der Waals surface area contributed by atoms with E-state index < -0.39 is 0 Å². The molecule has 1 saturated carbocycles. The first-order valence-electron chi connectivity index (χ1n) is 8.21. The van der Waals surface area contributed by atoms with Crippen LogP contribution in [0.3, 0.4) is 0 Å². The third-order valence-corrected chi connectivity index (χ3v) is 5.55. The fourth-order valence-electron chi connectivity index (χ4n) is 3.98. The van der Waals surface area contributed by atoms with Gasteiger partial charge in [-0.15, -0.1) is 10.2 Å². The second kappa shape index (κ2) is 4.94. The van der Waals surface area contributed by atoms with E-state index in [1.54, 1.807) is 0 Å². The van der Waals surface area contributed by atoms with Gasteiger partial charge >= 0.3 is 0 Å². The number of carbonyl (C=O) groups excluding carboxylic acids is 1. The number of hydrogen-bond donors (Lipinski definition) is 0. The molecule has 1 atom stereocenters. The van der Waals surface area contributed by atoms with Gasteiger partial charge in [0.2, 0.25) is 11.8 Å². The number of nitrogens with zero attached hydrogens (tertiary/aromatic N) is 4. The van der Waals surface area contributed by atoms with E-state index in [0.29, 0.717) is 11.8 Å². The normalized spacial score (nSPS) is 22.6. The molecule has 3 heterocycles. The first-order chi connectivity index (χ1) is 11.0. The van der Waals surface area contributed by atoms with Crippen LogP contribution in [0.1, 0.15) is 53.0 Å². The molecule has 23 heavy (non-hydrogen) atoms. The number of aryl methyl sites for hydroxylation is 3. The van der Waals surface area contributed by atoms with E-state index in [1.807, 2.05) is 42.6 Å². The fourth-order valence-corrected chi connectivity index (χ4v) is 3.98. The molecule has 2 aromatic rings. The highest BCUT2D eigenvalue weighted by molar-refractivity contribution is 5.94. The predicted octanol–water partition coefficient (Wildman–Crippen LogP) is 2.43. The Bertz CT molecular complexity index is 733. The van der Waals surface area contributed by atoms with Gasteiger partial charge in [0.05, 0.1) is 0 Å². The van der Waals surface area contributed by atoms with Crippen molar-refractivity contribution in [3.8, 4) is 0 Å². The second-order valence-corrected chi connectivity index (χ2v) is 7.03. The van der Waals surface area contributed by atoms with Crippen LogP contribution >= 0.6 is 0 Å². The molecular weight excluding hydrogens is 292 g/mol. The van der Waals surface area contributed by atoms with E-state index in [-0.39, 0.29) is 11.3 Å². The minimum atomic E-state index is 0.149. The Kier molecular flexibility index (Phi) is 3.11. The Hall–Kier alpha value is -2.11. The number of amides is 1. The zero-order valence-corrected chi connectivity index (χ0v) is 13.9. The number of aromatic nitrogens is 3. The summed E-state index contributed by atoms with van der Waals surface area (Å²) in [4.78, 5) is 14.7. The molecule has 1 aliphatic carbocycles. The van der Waals surface area contributed by atoms with Crippen molar-refractivity contribution in [3.05, 3.63) is 35.3 Å². The molecule has 1 saturated heterocycles. The topological polar surface area (TPSA) is 64.2 Å². The molecule has 6 nitrogen and oxygen atoms in total. The highest BCUT2D eigenvalue weighted by atomic mass is 16.4. The van der Waals surface area contributed by atoms with Gasteiger partial charge in [0.15, 0.2) is 0 Å². The third-order valence-electron chi connectivity index (χ3n) is 5.55. The van der Waals surface area contributed by atoms with Crippen LogP contribution in [0.25, 0.3) is 0 Å². The first-order valence-corrected chi connectivity index (χ1v) is 8.21. The molecule has 4 rings (SSSR count). The lowest BCUT2D eigenvalue weighted by Crippen LogP contribution is -2.40. The summed E-state index contributed by atoms with van der Waals surface area (Å²) in [6, 6.07) is 1.99. The Morgan fingerprint density at radius 2 is 2.04 bits per heavy atom. The smallest absolute Gasteiger partial charge is 0.270 e. The molecule has 2 fully saturated rings. The summed E-state index contributed by atoms with van der Waals surface area (Å²) in [5, 5.41) is 8.11. The molecular formula is C17H22N4O2. The number of rotatable bonds is 2. The van der Waals surface area contributed by atoms with Gasteiger partial charge in [-0.1, -0.05) is 0 Å². The van der Waals surface area contributed by atoms with E-state index in [9.17, 15) is 4.79 Å². The van der Waals surface area contributed by atoms with Crippen molar-refractivity contribution in [2.75, 3.05) is 13.1 Å². The van der Waals surface area contributed by atoms with Crippen LogP contribution in [-0.4, -0.2) is 38.7 Å². The molecule has 1 unspecified atom stereocenters. The van der Waals surface area contributed by atoms with E-state index in [0.717, 1.165) is 49.5 Å². The molecule has 1 amide bonds. The van der Waals surface area contributed by atoms with Crippen LogP contribution in [0.5, 0.6) is 0 Å². The van der Waals surface area contributed by atoms with Crippen molar-refractivity contribution in [2.45, 2.75) is 39.0 Å². The van der Waals surface area contributed by atoms with Crippen LogP contribution < -0.4 is 0 Å². The van der Waals surface area contributed by atoms with Crippen LogP contribution in [-0.2, 0) is 7.05 Å². The Morgan fingerprint density at radius 1 is 1.30 bits per heavy atom. The average Bonchev–Trinajstić information content (AvgIpc) is 2.86. The summed E-state index contributed by atoms with van der Waals surface area (Å²) in [7, 11) is 1.93. The van der Waals surface area contributed by atoms with Crippen molar-refractivity contribution in [3.63, 3.8) is 0 Å². The summed E-state index contributed by atoms with van der Waals surface area (Å²) in [5.74, 6) is 1.95. The highest BCUT2D eigenvalue weighted by Crippen LogP contribution is 2.64. The summed E-state index contributed by atoms with van der Waals surface area (Å²) < 4.78 is 7.51. The monoisotopic (exact) mass is 314 g/mol. The zero-order chi connectivity index (χ0) is 16.2. The maximum atomic E-state index is 12.8. The minimum absolute atomic E-state index is 0.149. The van der Waals surface area contributed by atoms with Gasteiger partial charge < -0.3 is 13.9 Å². The van der Waals surface area contributed by atoms with E-state index in [1.165, 1.54) is 0 Å². The van der Waals surface area contributed by atoms with E-state index in [2.05, 4.69) is 10.2 Å². The van der Waals surface area contributed by atoms with Crippen LogP contribution in [0.4, 0.5) is 0 Å². The SMILES string of the molecule is Cc1nnc(C2CC23CCN(C(=O)c2c(C)ccn2C)CC3)o1. The Balaban J connectivity index is 1.43. The highest BCUT2D eigenvalue weighted by Gasteiger charge is 2.58. The average molecular weight is 314 g/mol. The molecule has 0 radical (unpaired) electrons. The zero-order valence-electron chi connectivity index (χ0n) is 13.9. The van der Waals surface area contributed by atoms with Gasteiger partial charge in [-0.25, -0.2) is 0 Å². The maximum absolute atomic E-state index is 12.8. The lowest BCUT2D eigenvalue weighted by molar-refractivity contribution is 0.0663. The molecule has 2 aromatic heterocycles. The third kappa shape index (κ3) is 2.28. The van der Waals surface area contributed by atoms with Crippen molar-refractivity contribution < 1.29 is 9.21 Å². The van der Waals surface area contributed by atoms with Crippen molar-refractivity contribution >= 4 is 5.91 Å². The van der Waals surface area contributed by atoms with Crippen LogP contribution in [0, 0.1) is 19.3 Å². The largest absolute Gasteiger partial charge is 0.425 e. The van der Waals surface area contributed by atoms with Crippen molar-refractivity contribution in [1.29, 1.82) is 0 Å². The lowest BCUT2D eigenvalue weighted by Gasteiger charge is -2.33. The standard InChI is InChI=1S/C17H22N4O2/c1-11-4-7-20(3)14(11)16(22)21-8-5-17(6-9-21)10-13(17)15-19-18-12(2)23-15/h4,7,13H,5-6,8-10H2,1-3H3. The number of likely N-dealkylation sites (tertiary alicyclic amines) is 1. The molecule has 122 valence electrons. The molecule has 1 spiro atoms. The molecule has 6 heteroatoms. The van der Waals surface area contributed by atoms with Crippen molar-refractivity contribution in [1.82, 2.24) is 19.7 Å². The summed E-state index contributed by atoms with van der Waals surface area (Å²) in [5.41, 5.74) is 2.13. The van der Waals surface area contributed by atoms with Gasteiger partial charge in [0.25, 0.3) is 5.91 Å². The summed E-state index contributed by atoms with van der Waals surface area (Å²) in [6.45, 7) is 5.45. The van der Waals surface area contributed by atoms with Crippen LogP contribution in [0.15, 0.2) is 16.7 Å². The minimum Gasteiger partial charge on any atom is -0.425 e. The quantitative estimate of drug-likeness (QED) is 0.854. The summed E-state index contributed by atoms with van der Waals surface area (Å²) >= 11 is 0. The van der Waals surface area contributed by atoms with Crippen LogP contribution in [0.2, 0.25) is 0 Å².